The molecule has 24 heavy (non-hydrogen) atoms. The Kier molecular flexibility index (Phi) is 4.37. The summed E-state index contributed by atoms with van der Waals surface area (Å²) < 4.78 is 5.50. The molecule has 0 radical (unpaired) electrons. The Bertz CT molecular complexity index is 686. The van der Waals surface area contributed by atoms with Crippen molar-refractivity contribution in [3.05, 3.63) is 47.1 Å². The van der Waals surface area contributed by atoms with Gasteiger partial charge in [-0.1, -0.05) is 29.4 Å². The number of rotatable bonds is 5. The van der Waals surface area contributed by atoms with Gasteiger partial charge in [-0.25, -0.2) is 0 Å². The fraction of sp³-hybridized carbons (Fsp3) is 0.579. The minimum absolute atomic E-state index is 0.214. The van der Waals surface area contributed by atoms with Gasteiger partial charge in [-0.2, -0.15) is 4.98 Å². The molecule has 0 amide bonds. The summed E-state index contributed by atoms with van der Waals surface area (Å²) in [7, 11) is 0. The van der Waals surface area contributed by atoms with E-state index in [0.29, 0.717) is 5.92 Å². The van der Waals surface area contributed by atoms with E-state index in [1.54, 1.807) is 0 Å². The molecular formula is C19H26N4O. The summed E-state index contributed by atoms with van der Waals surface area (Å²) in [6.45, 7) is 9.69. The Morgan fingerprint density at radius 3 is 2.62 bits per heavy atom. The molecule has 2 fully saturated rings. The van der Waals surface area contributed by atoms with Gasteiger partial charge in [0.1, 0.15) is 0 Å². The lowest BCUT2D eigenvalue weighted by molar-refractivity contribution is 0.0844. The molecule has 1 atom stereocenters. The van der Waals surface area contributed by atoms with Crippen LogP contribution in [0, 0.1) is 6.92 Å². The Morgan fingerprint density at radius 2 is 1.92 bits per heavy atom. The first-order valence-corrected chi connectivity index (χ1v) is 9.05. The van der Waals surface area contributed by atoms with Crippen LogP contribution in [-0.4, -0.2) is 46.1 Å². The van der Waals surface area contributed by atoms with Gasteiger partial charge in [0.2, 0.25) is 5.89 Å². The van der Waals surface area contributed by atoms with Gasteiger partial charge in [0.05, 0.1) is 6.04 Å². The molecule has 1 aliphatic heterocycles. The molecule has 1 aromatic carbocycles. The zero-order valence-corrected chi connectivity index (χ0v) is 14.6. The average molecular weight is 326 g/mol. The van der Waals surface area contributed by atoms with Gasteiger partial charge in [-0.05, 0) is 37.8 Å². The van der Waals surface area contributed by atoms with Crippen molar-refractivity contribution < 1.29 is 4.52 Å². The second-order valence-corrected chi connectivity index (χ2v) is 7.18. The van der Waals surface area contributed by atoms with Crippen LogP contribution in [0.15, 0.2) is 28.8 Å². The topological polar surface area (TPSA) is 45.4 Å². The molecular weight excluding hydrogens is 300 g/mol. The zero-order valence-electron chi connectivity index (χ0n) is 14.6. The summed E-state index contributed by atoms with van der Waals surface area (Å²) in [5.74, 6) is 2.25. The standard InChI is InChI=1S/C19H26N4O/c1-14-5-3-4-6-17(14)13-22-9-11-23(12-10-22)15(2)19-20-18(21-24-19)16-7-8-16/h3-6,15-16H,7-13H2,1-2H3/t15-/m0/s1. The molecule has 1 aromatic heterocycles. The van der Waals surface area contributed by atoms with Crippen LogP contribution in [0.3, 0.4) is 0 Å². The second-order valence-electron chi connectivity index (χ2n) is 7.18. The van der Waals surface area contributed by atoms with Crippen molar-refractivity contribution in [3.8, 4) is 0 Å². The molecule has 0 unspecified atom stereocenters. The third-order valence-electron chi connectivity index (χ3n) is 5.37. The van der Waals surface area contributed by atoms with Gasteiger partial charge >= 0.3 is 0 Å². The molecule has 1 aliphatic carbocycles. The van der Waals surface area contributed by atoms with Crippen LogP contribution in [0.2, 0.25) is 0 Å². The molecule has 2 heterocycles. The van der Waals surface area contributed by atoms with Gasteiger partial charge in [0.25, 0.3) is 0 Å². The molecule has 0 bridgehead atoms. The van der Waals surface area contributed by atoms with Gasteiger partial charge in [0, 0.05) is 38.6 Å². The highest BCUT2D eigenvalue weighted by Gasteiger charge is 2.31. The number of piperazine rings is 1. The number of benzene rings is 1. The van der Waals surface area contributed by atoms with Gasteiger partial charge in [-0.15, -0.1) is 0 Å². The second kappa shape index (κ2) is 6.65. The summed E-state index contributed by atoms with van der Waals surface area (Å²) in [5, 5.41) is 4.15. The number of hydrogen-bond acceptors (Lipinski definition) is 5. The van der Waals surface area contributed by atoms with Crippen LogP contribution in [0.4, 0.5) is 0 Å². The molecule has 0 N–H and O–H groups in total. The van der Waals surface area contributed by atoms with E-state index in [1.807, 2.05) is 0 Å². The van der Waals surface area contributed by atoms with Crippen molar-refractivity contribution in [1.82, 2.24) is 19.9 Å². The maximum Gasteiger partial charge on any atom is 0.243 e. The first-order chi connectivity index (χ1) is 11.7. The fourth-order valence-electron chi connectivity index (χ4n) is 3.42. The van der Waals surface area contributed by atoms with Crippen LogP contribution in [0.5, 0.6) is 0 Å². The van der Waals surface area contributed by atoms with Crippen molar-refractivity contribution in [2.24, 2.45) is 0 Å². The molecule has 2 aromatic rings. The molecule has 5 heteroatoms. The van der Waals surface area contributed by atoms with E-state index < -0.39 is 0 Å². The highest BCUT2D eigenvalue weighted by atomic mass is 16.5. The number of hydrogen-bond donors (Lipinski definition) is 0. The molecule has 4 rings (SSSR count). The lowest BCUT2D eigenvalue weighted by atomic mass is 10.1. The number of nitrogens with zero attached hydrogens (tertiary/aromatic N) is 4. The Hall–Kier alpha value is -1.72. The van der Waals surface area contributed by atoms with E-state index in [1.165, 1.54) is 24.0 Å². The van der Waals surface area contributed by atoms with Crippen LogP contribution in [-0.2, 0) is 6.54 Å². The highest BCUT2D eigenvalue weighted by molar-refractivity contribution is 5.25. The van der Waals surface area contributed by atoms with E-state index in [-0.39, 0.29) is 6.04 Å². The highest BCUT2D eigenvalue weighted by Crippen LogP contribution is 2.38. The predicted molar refractivity (Wildman–Crippen MR) is 92.7 cm³/mol. The fourth-order valence-corrected chi connectivity index (χ4v) is 3.42. The average Bonchev–Trinajstić information content (AvgIpc) is 3.34. The number of aryl methyl sites for hydroxylation is 1. The van der Waals surface area contributed by atoms with Crippen molar-refractivity contribution in [2.75, 3.05) is 26.2 Å². The summed E-state index contributed by atoms with van der Waals surface area (Å²) in [6.07, 6.45) is 2.43. The predicted octanol–water partition coefficient (Wildman–Crippen LogP) is 3.13. The molecule has 1 saturated carbocycles. The summed E-state index contributed by atoms with van der Waals surface area (Å²) in [4.78, 5) is 9.61. The van der Waals surface area contributed by atoms with E-state index in [4.69, 9.17) is 4.52 Å². The first-order valence-electron chi connectivity index (χ1n) is 9.05. The van der Waals surface area contributed by atoms with E-state index in [2.05, 4.69) is 58.1 Å². The van der Waals surface area contributed by atoms with E-state index in [0.717, 1.165) is 44.4 Å². The third kappa shape index (κ3) is 3.37. The smallest absolute Gasteiger partial charge is 0.243 e. The zero-order chi connectivity index (χ0) is 16.5. The lowest BCUT2D eigenvalue weighted by Crippen LogP contribution is -2.46. The minimum Gasteiger partial charge on any atom is -0.338 e. The summed E-state index contributed by atoms with van der Waals surface area (Å²) in [6, 6.07) is 8.89. The van der Waals surface area contributed by atoms with Crippen LogP contribution in [0.1, 0.15) is 54.6 Å². The molecule has 1 saturated heterocycles. The van der Waals surface area contributed by atoms with Crippen molar-refractivity contribution >= 4 is 0 Å². The van der Waals surface area contributed by atoms with Gasteiger partial charge in [-0.3, -0.25) is 9.80 Å². The lowest BCUT2D eigenvalue weighted by Gasteiger charge is -2.37. The molecule has 2 aliphatic rings. The largest absolute Gasteiger partial charge is 0.338 e. The third-order valence-corrected chi connectivity index (χ3v) is 5.37. The van der Waals surface area contributed by atoms with Crippen molar-refractivity contribution in [3.63, 3.8) is 0 Å². The summed E-state index contributed by atoms with van der Waals surface area (Å²) in [5.41, 5.74) is 2.82. The first kappa shape index (κ1) is 15.8. The Balaban J connectivity index is 1.32. The minimum atomic E-state index is 0.214. The quantitative estimate of drug-likeness (QED) is 0.845. The normalized spacial score (nSPS) is 21.1. The molecule has 128 valence electrons. The monoisotopic (exact) mass is 326 g/mol. The van der Waals surface area contributed by atoms with Crippen molar-refractivity contribution in [2.45, 2.75) is 45.2 Å². The SMILES string of the molecule is Cc1ccccc1CN1CCN([C@@H](C)c2nc(C3CC3)no2)CC1. The van der Waals surface area contributed by atoms with Gasteiger partial charge < -0.3 is 4.52 Å². The van der Waals surface area contributed by atoms with E-state index >= 15 is 0 Å². The molecule has 5 nitrogen and oxygen atoms in total. The Morgan fingerprint density at radius 1 is 1.17 bits per heavy atom. The summed E-state index contributed by atoms with van der Waals surface area (Å²) >= 11 is 0. The van der Waals surface area contributed by atoms with Crippen molar-refractivity contribution in [1.29, 1.82) is 0 Å². The van der Waals surface area contributed by atoms with Crippen LogP contribution in [0.25, 0.3) is 0 Å². The molecule has 0 spiro atoms. The maximum atomic E-state index is 5.50. The van der Waals surface area contributed by atoms with E-state index in [9.17, 15) is 0 Å². The maximum absolute atomic E-state index is 5.50. The number of aromatic nitrogens is 2. The van der Waals surface area contributed by atoms with Gasteiger partial charge in [0.15, 0.2) is 5.82 Å². The Labute approximate surface area is 143 Å². The van der Waals surface area contributed by atoms with Crippen LogP contribution >= 0.6 is 0 Å². The van der Waals surface area contributed by atoms with Crippen LogP contribution < -0.4 is 0 Å².